The van der Waals surface area contributed by atoms with E-state index in [2.05, 4.69) is 0 Å². The van der Waals surface area contributed by atoms with Crippen LogP contribution in [0.25, 0.3) is 10.8 Å². The largest absolute Gasteiger partial charge is 0.489 e. The highest BCUT2D eigenvalue weighted by molar-refractivity contribution is 5.99. The first-order valence-electron chi connectivity index (χ1n) is 6.43. The number of hydrogen-bond donors (Lipinski definition) is 1. The van der Waals surface area contributed by atoms with Crippen LogP contribution in [0.3, 0.4) is 0 Å². The quantitative estimate of drug-likeness (QED) is 0.894. The maximum absolute atomic E-state index is 11.5. The van der Waals surface area contributed by atoms with Crippen molar-refractivity contribution in [3.63, 3.8) is 0 Å². The summed E-state index contributed by atoms with van der Waals surface area (Å²) in [4.78, 5) is 11.5. The zero-order chi connectivity index (χ0) is 14.1. The second-order valence-electron chi connectivity index (χ2n) is 4.77. The molecule has 100 valence electrons. The van der Waals surface area contributed by atoms with Gasteiger partial charge in [0.2, 0.25) is 0 Å². The maximum Gasteiger partial charge on any atom is 0.336 e. The molecule has 1 aliphatic rings. The molecule has 0 aromatic heterocycles. The van der Waals surface area contributed by atoms with Gasteiger partial charge in [0.1, 0.15) is 6.10 Å². The number of benzene rings is 2. The summed E-state index contributed by atoms with van der Waals surface area (Å²) in [5.41, 5.74) is 2.11. The normalized spacial score (nSPS) is 17.1. The van der Waals surface area contributed by atoms with E-state index in [1.165, 1.54) is 0 Å². The summed E-state index contributed by atoms with van der Waals surface area (Å²) in [5.74, 6) is -0.935. The van der Waals surface area contributed by atoms with Crippen molar-refractivity contribution < 1.29 is 14.6 Å². The number of aromatic carboxylic acids is 1. The Labute approximate surface area is 116 Å². The lowest BCUT2D eigenvalue weighted by molar-refractivity contribution is 0.0691. The van der Waals surface area contributed by atoms with Crippen LogP contribution in [0.15, 0.2) is 54.8 Å². The summed E-state index contributed by atoms with van der Waals surface area (Å²) in [6, 6.07) is 9.42. The van der Waals surface area contributed by atoms with E-state index >= 15 is 0 Å². The molecule has 1 aliphatic heterocycles. The fraction of sp³-hybridized carbons (Fsp3) is 0.118. The zero-order valence-electron chi connectivity index (χ0n) is 11.0. The van der Waals surface area contributed by atoms with E-state index in [0.717, 1.165) is 16.3 Å². The third-order valence-corrected chi connectivity index (χ3v) is 3.54. The van der Waals surface area contributed by atoms with Gasteiger partial charge in [-0.3, -0.25) is 0 Å². The number of carboxylic acids is 1. The van der Waals surface area contributed by atoms with Crippen LogP contribution >= 0.6 is 0 Å². The van der Waals surface area contributed by atoms with E-state index in [-0.39, 0.29) is 11.7 Å². The number of carboxylic acid groups (broad SMARTS) is 1. The van der Waals surface area contributed by atoms with Crippen LogP contribution in [-0.4, -0.2) is 11.1 Å². The minimum atomic E-state index is -0.935. The van der Waals surface area contributed by atoms with Gasteiger partial charge in [-0.25, -0.2) is 4.79 Å². The van der Waals surface area contributed by atoms with Gasteiger partial charge in [-0.15, -0.1) is 0 Å². The molecule has 3 nitrogen and oxygen atoms in total. The number of carbonyl (C=O) groups is 1. The Bertz CT molecular complexity index is 741. The molecule has 0 amide bonds. The Hall–Kier alpha value is -2.55. The molecule has 1 unspecified atom stereocenters. The van der Waals surface area contributed by atoms with Crippen LogP contribution in [0.5, 0.6) is 0 Å². The first kappa shape index (κ1) is 12.5. The van der Waals surface area contributed by atoms with Crippen molar-refractivity contribution in [2.24, 2.45) is 0 Å². The van der Waals surface area contributed by atoms with Gasteiger partial charge >= 0.3 is 5.97 Å². The number of ether oxygens (including phenoxy) is 1. The monoisotopic (exact) mass is 266 g/mol. The van der Waals surface area contributed by atoms with Crippen molar-refractivity contribution in [3.05, 3.63) is 71.5 Å². The molecular weight excluding hydrogens is 252 g/mol. The molecule has 0 bridgehead atoms. The van der Waals surface area contributed by atoms with Crippen LogP contribution in [0.1, 0.15) is 27.6 Å². The van der Waals surface area contributed by atoms with Crippen molar-refractivity contribution in [2.75, 3.05) is 0 Å². The Balaban J connectivity index is 2.32. The first-order valence-corrected chi connectivity index (χ1v) is 6.43. The van der Waals surface area contributed by atoms with Gasteiger partial charge in [0.05, 0.1) is 11.8 Å². The lowest BCUT2D eigenvalue weighted by atomic mass is 9.92. The van der Waals surface area contributed by atoms with Crippen LogP contribution in [0, 0.1) is 6.92 Å². The Morgan fingerprint density at radius 1 is 1.15 bits per heavy atom. The van der Waals surface area contributed by atoms with Gasteiger partial charge in [0.15, 0.2) is 0 Å². The topological polar surface area (TPSA) is 46.5 Å². The molecule has 1 heterocycles. The van der Waals surface area contributed by atoms with Crippen molar-refractivity contribution >= 4 is 16.7 Å². The van der Waals surface area contributed by atoms with Crippen molar-refractivity contribution in [1.82, 2.24) is 0 Å². The number of hydrogen-bond acceptors (Lipinski definition) is 2. The molecule has 2 aromatic rings. The van der Waals surface area contributed by atoms with Crippen molar-refractivity contribution in [1.29, 1.82) is 0 Å². The van der Waals surface area contributed by atoms with E-state index < -0.39 is 5.97 Å². The van der Waals surface area contributed by atoms with Gasteiger partial charge in [-0.1, -0.05) is 30.3 Å². The molecule has 0 fully saturated rings. The molecule has 2 aromatic carbocycles. The Morgan fingerprint density at radius 2 is 2.00 bits per heavy atom. The fourth-order valence-corrected chi connectivity index (χ4v) is 2.58. The second kappa shape index (κ2) is 4.85. The Morgan fingerprint density at radius 3 is 2.70 bits per heavy atom. The highest BCUT2D eigenvalue weighted by Gasteiger charge is 2.21. The van der Waals surface area contributed by atoms with E-state index in [0.29, 0.717) is 5.56 Å². The third-order valence-electron chi connectivity index (χ3n) is 3.54. The SMILES string of the molecule is Cc1cccc2c(C3C=CC=CO3)c(C(=O)O)ccc12. The van der Waals surface area contributed by atoms with Gasteiger partial charge < -0.3 is 9.84 Å². The summed E-state index contributed by atoms with van der Waals surface area (Å²) >= 11 is 0. The van der Waals surface area contributed by atoms with Gasteiger partial charge in [-0.2, -0.15) is 0 Å². The average molecular weight is 266 g/mol. The van der Waals surface area contributed by atoms with E-state index in [1.54, 1.807) is 18.4 Å². The molecular formula is C17H14O3. The maximum atomic E-state index is 11.5. The molecule has 0 aliphatic carbocycles. The lowest BCUT2D eigenvalue weighted by Gasteiger charge is -2.20. The van der Waals surface area contributed by atoms with Crippen LogP contribution in [0.4, 0.5) is 0 Å². The molecule has 1 atom stereocenters. The highest BCUT2D eigenvalue weighted by Crippen LogP contribution is 2.33. The summed E-state index contributed by atoms with van der Waals surface area (Å²) in [6.45, 7) is 2.02. The highest BCUT2D eigenvalue weighted by atomic mass is 16.5. The van der Waals surface area contributed by atoms with Crippen molar-refractivity contribution in [2.45, 2.75) is 13.0 Å². The first-order chi connectivity index (χ1) is 9.68. The molecule has 3 heteroatoms. The fourth-order valence-electron chi connectivity index (χ4n) is 2.58. The Kier molecular flexibility index (Phi) is 3.03. The second-order valence-corrected chi connectivity index (χ2v) is 4.77. The van der Waals surface area contributed by atoms with Crippen molar-refractivity contribution in [3.8, 4) is 0 Å². The summed E-state index contributed by atoms with van der Waals surface area (Å²) < 4.78 is 5.57. The number of allylic oxidation sites excluding steroid dienone is 2. The van der Waals surface area contributed by atoms with Crippen LogP contribution < -0.4 is 0 Å². The number of fused-ring (bicyclic) bond motifs is 1. The molecule has 0 saturated carbocycles. The number of aryl methyl sites for hydroxylation is 1. The van der Waals surface area contributed by atoms with E-state index in [4.69, 9.17) is 4.74 Å². The van der Waals surface area contributed by atoms with Crippen LogP contribution in [0.2, 0.25) is 0 Å². The predicted octanol–water partition coefficient (Wildman–Crippen LogP) is 3.99. The lowest BCUT2D eigenvalue weighted by Crippen LogP contribution is -2.09. The van der Waals surface area contributed by atoms with Gasteiger partial charge in [0.25, 0.3) is 0 Å². The summed E-state index contributed by atoms with van der Waals surface area (Å²) in [6.07, 6.45) is 6.74. The van der Waals surface area contributed by atoms with E-state index in [9.17, 15) is 9.90 Å². The summed E-state index contributed by atoms with van der Waals surface area (Å²) in [5, 5.41) is 11.4. The molecule has 0 spiro atoms. The molecule has 20 heavy (non-hydrogen) atoms. The zero-order valence-corrected chi connectivity index (χ0v) is 11.0. The van der Waals surface area contributed by atoms with Gasteiger partial charge in [-0.05, 0) is 41.5 Å². The van der Waals surface area contributed by atoms with Crippen LogP contribution in [-0.2, 0) is 4.74 Å². The molecule has 1 N–H and O–H groups in total. The predicted molar refractivity (Wildman–Crippen MR) is 77.8 cm³/mol. The average Bonchev–Trinajstić information content (AvgIpc) is 2.47. The minimum Gasteiger partial charge on any atom is -0.489 e. The van der Waals surface area contributed by atoms with Gasteiger partial charge in [0, 0.05) is 5.56 Å². The molecule has 0 saturated heterocycles. The smallest absolute Gasteiger partial charge is 0.336 e. The minimum absolute atomic E-state index is 0.285. The standard InChI is InChI=1S/C17H14O3/c1-11-5-4-6-13-12(11)8-9-14(17(18)19)16(13)15-7-2-3-10-20-15/h2-10,15H,1H3,(H,18,19). The molecule has 3 rings (SSSR count). The summed E-state index contributed by atoms with van der Waals surface area (Å²) in [7, 11) is 0. The molecule has 0 radical (unpaired) electrons. The third kappa shape index (κ3) is 1.97. The number of rotatable bonds is 2. The van der Waals surface area contributed by atoms with E-state index in [1.807, 2.05) is 43.3 Å².